The maximum Gasteiger partial charge on any atom is 0.254 e. The van der Waals surface area contributed by atoms with Crippen molar-refractivity contribution < 1.29 is 38.4 Å². The molecule has 2 aromatic carbocycles. The Morgan fingerprint density at radius 3 is 2.35 bits per heavy atom. The zero-order valence-electron chi connectivity index (χ0n) is 20.4. The highest BCUT2D eigenvalue weighted by molar-refractivity contribution is 5.94. The molecule has 0 bridgehead atoms. The van der Waals surface area contributed by atoms with E-state index in [1.807, 2.05) is 0 Å². The molecule has 200 valence electrons. The molecular formula is C27H32F2N2O6. The van der Waals surface area contributed by atoms with Crippen molar-refractivity contribution in [2.75, 3.05) is 39.4 Å². The van der Waals surface area contributed by atoms with Gasteiger partial charge in [-0.25, -0.2) is 8.78 Å². The van der Waals surface area contributed by atoms with Crippen LogP contribution in [0.15, 0.2) is 54.6 Å². The van der Waals surface area contributed by atoms with Gasteiger partial charge >= 0.3 is 0 Å². The number of aliphatic hydroxyl groups is 3. The Hall–Kier alpha value is -3.18. The highest BCUT2D eigenvalue weighted by Crippen LogP contribution is 2.12. The van der Waals surface area contributed by atoms with Crippen LogP contribution in [0.1, 0.15) is 28.8 Å². The first kappa shape index (κ1) is 28.4. The molecule has 0 saturated carbocycles. The molecule has 1 aliphatic rings. The van der Waals surface area contributed by atoms with Crippen molar-refractivity contribution in [2.45, 2.75) is 31.2 Å². The van der Waals surface area contributed by atoms with Crippen LogP contribution >= 0.6 is 0 Å². The minimum atomic E-state index is -1.57. The molecular weight excluding hydrogens is 486 g/mol. The number of benzene rings is 2. The van der Waals surface area contributed by atoms with Gasteiger partial charge in [-0.2, -0.15) is 0 Å². The Morgan fingerprint density at radius 2 is 1.62 bits per heavy atom. The number of aliphatic hydroxyl groups excluding tert-OH is 3. The van der Waals surface area contributed by atoms with Gasteiger partial charge in [-0.1, -0.05) is 12.1 Å². The van der Waals surface area contributed by atoms with E-state index in [2.05, 4.69) is 0 Å². The summed E-state index contributed by atoms with van der Waals surface area (Å²) < 4.78 is 32.2. The van der Waals surface area contributed by atoms with Crippen molar-refractivity contribution in [3.05, 3.63) is 77.4 Å². The van der Waals surface area contributed by atoms with Gasteiger partial charge in [0.1, 0.15) is 29.9 Å². The second kappa shape index (κ2) is 13.9. The van der Waals surface area contributed by atoms with Crippen LogP contribution in [0.2, 0.25) is 0 Å². The molecule has 1 aliphatic heterocycles. The van der Waals surface area contributed by atoms with Crippen molar-refractivity contribution in [2.24, 2.45) is 0 Å². The third-order valence-electron chi connectivity index (χ3n) is 6.05. The van der Waals surface area contributed by atoms with Crippen molar-refractivity contribution >= 4 is 17.9 Å². The monoisotopic (exact) mass is 518 g/mol. The van der Waals surface area contributed by atoms with Gasteiger partial charge in [-0.15, -0.1) is 0 Å². The van der Waals surface area contributed by atoms with Crippen LogP contribution in [0, 0.1) is 11.6 Å². The molecule has 0 radical (unpaired) electrons. The Balaban J connectivity index is 1.80. The molecule has 0 aliphatic carbocycles. The smallest absolute Gasteiger partial charge is 0.254 e. The van der Waals surface area contributed by atoms with Crippen LogP contribution in [-0.2, 0) is 9.53 Å². The second-order valence-electron chi connectivity index (χ2n) is 8.88. The molecule has 1 heterocycles. The van der Waals surface area contributed by atoms with Gasteiger partial charge in [0.15, 0.2) is 0 Å². The van der Waals surface area contributed by atoms with Crippen molar-refractivity contribution in [1.82, 2.24) is 9.80 Å². The van der Waals surface area contributed by atoms with E-state index in [-0.39, 0.29) is 44.3 Å². The van der Waals surface area contributed by atoms with Gasteiger partial charge in [0.2, 0.25) is 5.91 Å². The van der Waals surface area contributed by atoms with Crippen LogP contribution < -0.4 is 0 Å². The lowest BCUT2D eigenvalue weighted by Crippen LogP contribution is -2.49. The van der Waals surface area contributed by atoms with E-state index >= 15 is 0 Å². The van der Waals surface area contributed by atoms with Gasteiger partial charge < -0.3 is 29.9 Å². The van der Waals surface area contributed by atoms with E-state index in [0.29, 0.717) is 24.9 Å². The van der Waals surface area contributed by atoms with Crippen molar-refractivity contribution in [1.29, 1.82) is 0 Å². The summed E-state index contributed by atoms with van der Waals surface area (Å²) >= 11 is 0. The lowest BCUT2D eigenvalue weighted by Gasteiger charge is -2.32. The summed E-state index contributed by atoms with van der Waals surface area (Å²) in [5, 5.41) is 31.0. The van der Waals surface area contributed by atoms with E-state index in [1.54, 1.807) is 6.07 Å². The van der Waals surface area contributed by atoms with Crippen LogP contribution in [0.5, 0.6) is 0 Å². The van der Waals surface area contributed by atoms with E-state index in [9.17, 15) is 33.7 Å². The fourth-order valence-corrected chi connectivity index (χ4v) is 3.91. The average Bonchev–Trinajstić information content (AvgIpc) is 2.89. The number of carbonyl (C=O) groups excluding carboxylic acids is 2. The summed E-state index contributed by atoms with van der Waals surface area (Å²) in [5.74, 6) is -1.82. The quantitative estimate of drug-likeness (QED) is 0.535. The number of nitrogens with zero attached hydrogens (tertiary/aromatic N) is 2. The fourth-order valence-electron chi connectivity index (χ4n) is 3.91. The lowest BCUT2D eigenvalue weighted by molar-refractivity contribution is -0.126. The molecule has 10 heteroatoms. The van der Waals surface area contributed by atoms with Gasteiger partial charge in [-0.3, -0.25) is 9.59 Å². The number of hydrogen-bond donors (Lipinski definition) is 3. The number of hydrogen-bond acceptors (Lipinski definition) is 6. The summed E-state index contributed by atoms with van der Waals surface area (Å²) in [7, 11) is 0. The topological polar surface area (TPSA) is 111 Å². The normalized spacial score (nSPS) is 22.6. The molecule has 3 N–H and O–H groups in total. The van der Waals surface area contributed by atoms with Gasteiger partial charge in [0, 0.05) is 44.4 Å². The van der Waals surface area contributed by atoms with Crippen molar-refractivity contribution in [3.8, 4) is 0 Å². The molecule has 3 rings (SSSR count). The maximum atomic E-state index is 13.5. The minimum Gasteiger partial charge on any atom is -0.388 e. The summed E-state index contributed by atoms with van der Waals surface area (Å²) in [6.07, 6.45) is -0.445. The first-order valence-electron chi connectivity index (χ1n) is 12.1. The fraction of sp³-hybridized carbons (Fsp3) is 0.407. The van der Waals surface area contributed by atoms with E-state index < -0.39 is 35.9 Å². The number of amides is 2. The van der Waals surface area contributed by atoms with Crippen LogP contribution in [0.4, 0.5) is 8.78 Å². The maximum absolute atomic E-state index is 13.5. The first-order valence-corrected chi connectivity index (χ1v) is 12.1. The number of rotatable bonds is 3. The van der Waals surface area contributed by atoms with Gasteiger partial charge in [0.05, 0.1) is 6.61 Å². The predicted molar refractivity (Wildman–Crippen MR) is 132 cm³/mol. The molecule has 3 atom stereocenters. The second-order valence-corrected chi connectivity index (χ2v) is 8.88. The molecule has 8 nitrogen and oxygen atoms in total. The largest absolute Gasteiger partial charge is 0.388 e. The molecule has 2 amide bonds. The highest BCUT2D eigenvalue weighted by atomic mass is 19.1. The zero-order chi connectivity index (χ0) is 26.8. The van der Waals surface area contributed by atoms with Crippen molar-refractivity contribution in [3.63, 3.8) is 0 Å². The first-order chi connectivity index (χ1) is 17.7. The Labute approximate surface area is 214 Å². The van der Waals surface area contributed by atoms with Crippen LogP contribution in [0.25, 0.3) is 6.08 Å². The third-order valence-corrected chi connectivity index (χ3v) is 6.05. The Kier molecular flexibility index (Phi) is 10.7. The number of halogens is 2. The number of ether oxygens (including phenoxy) is 1. The predicted octanol–water partition coefficient (Wildman–Crippen LogP) is 1.84. The standard InChI is InChI=1S/C27H32F2N2O6/c28-21-9-7-20(8-10-21)27(36)31-14-13-30(25(34)11-6-19-4-3-5-22(29)16-19)12-1-2-15-37-18-24(33)26(35)23(32)17-31/h3-11,16,23-24,26,32-33,35H,1-2,12-15,17-18H2/b11-6+/t23-,24+,26+/m0/s1. The SMILES string of the molecule is O=C(/C=C/c1cccc(F)c1)N1CCCCOC[C@@H](O)[C@H](O)[C@@H](O)CN(C(=O)c2ccc(F)cc2)CC1. The Morgan fingerprint density at radius 1 is 0.892 bits per heavy atom. The lowest BCUT2D eigenvalue weighted by atomic mass is 10.1. The van der Waals surface area contributed by atoms with Gasteiger partial charge in [-0.05, 0) is 60.9 Å². The number of carbonyl (C=O) groups is 2. The molecule has 37 heavy (non-hydrogen) atoms. The summed E-state index contributed by atoms with van der Waals surface area (Å²) in [6.45, 7) is 0.203. The number of β-amino-alcohol motifs (C(OH)–C–C–N with tert-alkyl or cyclic N) is 1. The summed E-state index contributed by atoms with van der Waals surface area (Å²) in [5.41, 5.74) is 0.685. The van der Waals surface area contributed by atoms with E-state index in [0.717, 1.165) is 12.1 Å². The minimum absolute atomic E-state index is 0.00608. The molecule has 1 saturated heterocycles. The molecule has 2 aromatic rings. The third kappa shape index (κ3) is 8.71. The van der Waals surface area contributed by atoms with Gasteiger partial charge in [0.25, 0.3) is 5.91 Å². The van der Waals surface area contributed by atoms with E-state index in [1.165, 1.54) is 52.3 Å². The molecule has 0 aromatic heterocycles. The highest BCUT2D eigenvalue weighted by Gasteiger charge is 2.29. The molecule has 1 fully saturated rings. The zero-order valence-corrected chi connectivity index (χ0v) is 20.4. The Bertz CT molecular complexity index is 1070. The average molecular weight is 519 g/mol. The molecule has 0 unspecified atom stereocenters. The summed E-state index contributed by atoms with van der Waals surface area (Å²) in [4.78, 5) is 28.9. The summed E-state index contributed by atoms with van der Waals surface area (Å²) in [6, 6.07) is 10.7. The van der Waals surface area contributed by atoms with Crippen LogP contribution in [0.3, 0.4) is 0 Å². The van der Waals surface area contributed by atoms with Crippen LogP contribution in [-0.4, -0.2) is 94.6 Å². The van der Waals surface area contributed by atoms with E-state index in [4.69, 9.17) is 4.74 Å². The molecule has 0 spiro atoms.